The Morgan fingerprint density at radius 2 is 1.88 bits per heavy atom. The minimum atomic E-state index is -5.24. The molecule has 0 radical (unpaired) electrons. The van der Waals surface area contributed by atoms with E-state index in [9.17, 15) is 27.6 Å². The number of rotatable bonds is 8. The quantitative estimate of drug-likeness (QED) is 0.566. The van der Waals surface area contributed by atoms with E-state index in [1.54, 1.807) is 22.8 Å². The first-order valence-electron chi connectivity index (χ1n) is 10.8. The number of nitrogens with zero attached hydrogens (tertiary/aromatic N) is 1. The van der Waals surface area contributed by atoms with E-state index in [0.29, 0.717) is 17.1 Å². The third-order valence-corrected chi connectivity index (χ3v) is 6.18. The van der Waals surface area contributed by atoms with Gasteiger partial charge in [-0.25, -0.2) is 4.79 Å². The molecule has 2 aliphatic rings. The molecule has 1 atom stereocenters. The van der Waals surface area contributed by atoms with Crippen LogP contribution in [0.1, 0.15) is 50.5 Å². The molecule has 8 nitrogen and oxygen atoms in total. The van der Waals surface area contributed by atoms with Gasteiger partial charge in [-0.15, -0.1) is 0 Å². The Labute approximate surface area is 189 Å². The number of ether oxygens (including phenoxy) is 2. The van der Waals surface area contributed by atoms with Gasteiger partial charge in [-0.3, -0.25) is 19.8 Å². The summed E-state index contributed by atoms with van der Waals surface area (Å²) in [4.78, 5) is 38.2. The number of alkyl halides is 3. The summed E-state index contributed by atoms with van der Waals surface area (Å²) in [6.45, 7) is -0.499. The van der Waals surface area contributed by atoms with E-state index in [4.69, 9.17) is 9.47 Å². The lowest BCUT2D eigenvalue weighted by Gasteiger charge is -2.30. The van der Waals surface area contributed by atoms with E-state index in [1.807, 2.05) is 0 Å². The van der Waals surface area contributed by atoms with Crippen molar-refractivity contribution in [2.75, 3.05) is 14.2 Å². The lowest BCUT2D eigenvalue weighted by molar-refractivity contribution is -0.204. The third-order valence-electron chi connectivity index (χ3n) is 6.18. The van der Waals surface area contributed by atoms with E-state index in [0.717, 1.165) is 32.1 Å². The zero-order chi connectivity index (χ0) is 24.2. The number of carbonyl (C=O) groups excluding carboxylic acids is 3. The molecule has 1 aliphatic heterocycles. The standard InChI is InChI=1S/C22H28F3N3O5/c1-32-16-10-6-9-15(18(16)33-2)13-28-19(30)21(22(23,24)25,27-20(28)31)26-17(29)12-11-14-7-4-3-5-8-14/h6,9-10,14H,3-5,7-8,11-13H2,1-2H3,(H,26,29)(H,27,31)/t21-/m1/s1. The van der Waals surface area contributed by atoms with Crippen molar-refractivity contribution in [2.24, 2.45) is 5.92 Å². The molecule has 3 rings (SSSR count). The van der Waals surface area contributed by atoms with Crippen molar-refractivity contribution in [1.29, 1.82) is 0 Å². The van der Waals surface area contributed by atoms with Crippen molar-refractivity contribution in [2.45, 2.75) is 63.3 Å². The average molecular weight is 471 g/mol. The highest BCUT2D eigenvalue weighted by Gasteiger charge is 2.68. The van der Waals surface area contributed by atoms with Gasteiger partial charge in [0, 0.05) is 12.0 Å². The van der Waals surface area contributed by atoms with Crippen LogP contribution < -0.4 is 20.1 Å². The van der Waals surface area contributed by atoms with Gasteiger partial charge >= 0.3 is 12.2 Å². The molecule has 0 unspecified atom stereocenters. The summed E-state index contributed by atoms with van der Waals surface area (Å²) in [6.07, 6.45) is 0.100. The van der Waals surface area contributed by atoms with Crippen molar-refractivity contribution < 1.29 is 37.0 Å². The number of hydrogen-bond donors (Lipinski definition) is 2. The molecule has 1 aliphatic carbocycles. The molecule has 4 amide bonds. The van der Waals surface area contributed by atoms with Crippen LogP contribution in [0.5, 0.6) is 11.5 Å². The normalized spacial score (nSPS) is 21.7. The Bertz CT molecular complexity index is 902. The summed E-state index contributed by atoms with van der Waals surface area (Å²) in [6, 6.07) is 3.35. The van der Waals surface area contributed by atoms with Gasteiger partial charge in [0.2, 0.25) is 5.91 Å². The SMILES string of the molecule is COc1cccc(CN2C(=O)N[C@@](NC(=O)CCC3CCCCC3)(C(F)(F)F)C2=O)c1OC. The van der Waals surface area contributed by atoms with E-state index in [-0.39, 0.29) is 23.7 Å². The number of urea groups is 1. The molecule has 1 saturated heterocycles. The van der Waals surface area contributed by atoms with Crippen molar-refractivity contribution >= 4 is 17.8 Å². The first kappa shape index (κ1) is 24.7. The summed E-state index contributed by atoms with van der Waals surface area (Å²) < 4.78 is 52.5. The van der Waals surface area contributed by atoms with Crippen molar-refractivity contribution in [3.63, 3.8) is 0 Å². The van der Waals surface area contributed by atoms with Crippen LogP contribution in [0.15, 0.2) is 18.2 Å². The number of halogens is 3. The lowest BCUT2D eigenvalue weighted by atomic mass is 9.86. The predicted octanol–water partition coefficient (Wildman–Crippen LogP) is 3.49. The van der Waals surface area contributed by atoms with Gasteiger partial charge in [-0.1, -0.05) is 44.2 Å². The summed E-state index contributed by atoms with van der Waals surface area (Å²) in [5.74, 6) is -1.79. The molecule has 1 heterocycles. The maximum absolute atomic E-state index is 14.0. The topological polar surface area (TPSA) is 97.0 Å². The molecule has 2 N–H and O–H groups in total. The van der Waals surface area contributed by atoms with Crippen LogP contribution in [0.2, 0.25) is 0 Å². The molecule has 1 aromatic carbocycles. The van der Waals surface area contributed by atoms with Gasteiger partial charge in [-0.05, 0) is 18.4 Å². The number of imide groups is 1. The molecule has 0 aromatic heterocycles. The average Bonchev–Trinajstić information content (AvgIpc) is 3.03. The van der Waals surface area contributed by atoms with Crippen LogP contribution in [0, 0.1) is 5.92 Å². The highest BCUT2D eigenvalue weighted by Crippen LogP contribution is 2.37. The zero-order valence-electron chi connectivity index (χ0n) is 18.6. The van der Waals surface area contributed by atoms with Crippen LogP contribution in [0.4, 0.5) is 18.0 Å². The van der Waals surface area contributed by atoms with Crippen molar-refractivity contribution in [3.8, 4) is 11.5 Å². The van der Waals surface area contributed by atoms with Crippen LogP contribution in [-0.2, 0) is 16.1 Å². The van der Waals surface area contributed by atoms with E-state index in [2.05, 4.69) is 0 Å². The number of nitrogens with one attached hydrogen (secondary N) is 2. The third kappa shape index (κ3) is 5.01. The fraction of sp³-hybridized carbons (Fsp3) is 0.591. The summed E-state index contributed by atoms with van der Waals surface area (Å²) >= 11 is 0. The second kappa shape index (κ2) is 9.88. The highest BCUT2D eigenvalue weighted by atomic mass is 19.4. The predicted molar refractivity (Wildman–Crippen MR) is 111 cm³/mol. The Hall–Kier alpha value is -2.98. The van der Waals surface area contributed by atoms with Crippen molar-refractivity contribution in [3.05, 3.63) is 23.8 Å². The maximum atomic E-state index is 14.0. The molecule has 182 valence electrons. The summed E-state index contributed by atoms with van der Waals surface area (Å²) in [5.41, 5.74) is -3.25. The van der Waals surface area contributed by atoms with Gasteiger partial charge in [0.1, 0.15) is 0 Å². The fourth-order valence-corrected chi connectivity index (χ4v) is 4.40. The maximum Gasteiger partial charge on any atom is 0.440 e. The summed E-state index contributed by atoms with van der Waals surface area (Å²) in [5, 5.41) is 3.45. The van der Waals surface area contributed by atoms with Crippen LogP contribution in [-0.4, -0.2) is 48.8 Å². The second-order valence-corrected chi connectivity index (χ2v) is 8.31. The first-order chi connectivity index (χ1) is 15.6. The van der Waals surface area contributed by atoms with Gasteiger partial charge in [0.15, 0.2) is 11.5 Å². The van der Waals surface area contributed by atoms with Crippen molar-refractivity contribution in [1.82, 2.24) is 15.5 Å². The monoisotopic (exact) mass is 471 g/mol. The number of para-hydroxylation sites is 1. The molecular weight excluding hydrogens is 443 g/mol. The second-order valence-electron chi connectivity index (χ2n) is 8.31. The number of benzene rings is 1. The van der Waals surface area contributed by atoms with Crippen LogP contribution >= 0.6 is 0 Å². The Balaban J connectivity index is 1.79. The van der Waals surface area contributed by atoms with Gasteiger partial charge in [-0.2, -0.15) is 13.2 Å². The van der Waals surface area contributed by atoms with Crippen LogP contribution in [0.3, 0.4) is 0 Å². The largest absolute Gasteiger partial charge is 0.493 e. The minimum Gasteiger partial charge on any atom is -0.493 e. The number of hydrogen-bond acceptors (Lipinski definition) is 5. The first-order valence-corrected chi connectivity index (χ1v) is 10.8. The zero-order valence-corrected chi connectivity index (χ0v) is 18.6. The molecule has 2 fully saturated rings. The highest BCUT2D eigenvalue weighted by molar-refractivity contribution is 6.08. The van der Waals surface area contributed by atoms with Gasteiger partial charge in [0.05, 0.1) is 20.8 Å². The molecule has 11 heteroatoms. The lowest BCUT2D eigenvalue weighted by Crippen LogP contribution is -2.69. The van der Waals surface area contributed by atoms with E-state index >= 15 is 0 Å². The fourth-order valence-electron chi connectivity index (χ4n) is 4.40. The number of carbonyl (C=O) groups is 3. The Kier molecular flexibility index (Phi) is 7.38. The molecule has 0 bridgehead atoms. The number of amides is 4. The molecule has 33 heavy (non-hydrogen) atoms. The van der Waals surface area contributed by atoms with E-state index < -0.39 is 36.2 Å². The minimum absolute atomic E-state index is 0.157. The summed E-state index contributed by atoms with van der Waals surface area (Å²) in [7, 11) is 2.71. The van der Waals surface area contributed by atoms with Gasteiger partial charge < -0.3 is 14.8 Å². The molecule has 1 saturated carbocycles. The number of methoxy groups -OCH3 is 2. The molecule has 1 aromatic rings. The Morgan fingerprint density at radius 3 is 2.48 bits per heavy atom. The van der Waals surface area contributed by atoms with E-state index in [1.165, 1.54) is 20.3 Å². The van der Waals surface area contributed by atoms with Gasteiger partial charge in [0.25, 0.3) is 11.6 Å². The Morgan fingerprint density at radius 1 is 1.18 bits per heavy atom. The molecule has 0 spiro atoms. The smallest absolute Gasteiger partial charge is 0.440 e. The van der Waals surface area contributed by atoms with Crippen LogP contribution in [0.25, 0.3) is 0 Å². The molecular formula is C22H28F3N3O5.